The Kier molecular flexibility index (Phi) is 3.35. The zero-order valence-corrected chi connectivity index (χ0v) is 13.3. The predicted molar refractivity (Wildman–Crippen MR) is 87.1 cm³/mol. The number of rotatable bonds is 3. The number of thiazole rings is 1. The SMILES string of the molecule is Cn1cccc1[C@H]1CCCN1Cc1cc(=O)n2ccsc2n1. The molecule has 0 saturated carbocycles. The highest BCUT2D eigenvalue weighted by Crippen LogP contribution is 2.32. The monoisotopic (exact) mass is 314 g/mol. The van der Waals surface area contributed by atoms with Crippen molar-refractivity contribution in [3.05, 3.63) is 57.7 Å². The van der Waals surface area contributed by atoms with Crippen molar-refractivity contribution in [1.29, 1.82) is 0 Å². The minimum absolute atomic E-state index is 0.0101. The largest absolute Gasteiger partial charge is 0.353 e. The van der Waals surface area contributed by atoms with E-state index in [4.69, 9.17) is 0 Å². The third-order valence-electron chi connectivity index (χ3n) is 4.41. The molecule has 1 aliphatic heterocycles. The Morgan fingerprint density at radius 2 is 2.32 bits per heavy atom. The molecule has 5 nitrogen and oxygen atoms in total. The van der Waals surface area contributed by atoms with Gasteiger partial charge in [-0.2, -0.15) is 0 Å². The topological polar surface area (TPSA) is 42.5 Å². The van der Waals surface area contributed by atoms with Crippen LogP contribution in [0.2, 0.25) is 0 Å². The second kappa shape index (κ2) is 5.37. The van der Waals surface area contributed by atoms with Gasteiger partial charge in [0, 0.05) is 43.1 Å². The van der Waals surface area contributed by atoms with Crippen molar-refractivity contribution >= 4 is 16.3 Å². The van der Waals surface area contributed by atoms with Crippen LogP contribution in [-0.4, -0.2) is 25.4 Å². The van der Waals surface area contributed by atoms with E-state index < -0.39 is 0 Å². The van der Waals surface area contributed by atoms with Crippen molar-refractivity contribution in [2.24, 2.45) is 7.05 Å². The molecule has 0 radical (unpaired) electrons. The molecule has 1 aliphatic rings. The average molecular weight is 314 g/mol. The Labute approximate surface area is 132 Å². The Balaban J connectivity index is 1.64. The summed E-state index contributed by atoms with van der Waals surface area (Å²) in [6.07, 6.45) is 6.23. The summed E-state index contributed by atoms with van der Waals surface area (Å²) in [6, 6.07) is 6.37. The Morgan fingerprint density at radius 1 is 1.41 bits per heavy atom. The minimum atomic E-state index is 0.0101. The summed E-state index contributed by atoms with van der Waals surface area (Å²) in [4.78, 5) is 19.9. The summed E-state index contributed by atoms with van der Waals surface area (Å²) in [6.45, 7) is 1.79. The van der Waals surface area contributed by atoms with Crippen molar-refractivity contribution in [3.63, 3.8) is 0 Å². The van der Waals surface area contributed by atoms with Gasteiger partial charge in [0.05, 0.1) is 11.7 Å². The maximum atomic E-state index is 12.1. The van der Waals surface area contributed by atoms with Gasteiger partial charge in [-0.15, -0.1) is 11.3 Å². The van der Waals surface area contributed by atoms with Gasteiger partial charge >= 0.3 is 0 Å². The fourth-order valence-electron chi connectivity index (χ4n) is 3.35. The number of aromatic nitrogens is 3. The molecule has 0 N–H and O–H groups in total. The van der Waals surface area contributed by atoms with Crippen LogP contribution in [0.25, 0.3) is 4.96 Å². The molecule has 0 amide bonds. The summed E-state index contributed by atoms with van der Waals surface area (Å²) < 4.78 is 3.79. The van der Waals surface area contributed by atoms with E-state index in [1.807, 2.05) is 5.38 Å². The number of fused-ring (bicyclic) bond motifs is 1. The molecule has 4 heterocycles. The summed E-state index contributed by atoms with van der Waals surface area (Å²) in [5, 5.41) is 1.90. The fourth-order valence-corrected chi connectivity index (χ4v) is 4.09. The third-order valence-corrected chi connectivity index (χ3v) is 5.17. The van der Waals surface area contributed by atoms with E-state index in [9.17, 15) is 4.79 Å². The van der Waals surface area contributed by atoms with E-state index in [2.05, 4.69) is 39.8 Å². The van der Waals surface area contributed by atoms with Crippen LogP contribution in [0.3, 0.4) is 0 Å². The van der Waals surface area contributed by atoms with Crippen LogP contribution in [0.4, 0.5) is 0 Å². The van der Waals surface area contributed by atoms with Crippen molar-refractivity contribution in [2.75, 3.05) is 6.54 Å². The first-order valence-corrected chi connectivity index (χ1v) is 8.41. The maximum Gasteiger partial charge on any atom is 0.258 e. The molecule has 3 aromatic rings. The number of nitrogens with zero attached hydrogens (tertiary/aromatic N) is 4. The zero-order valence-electron chi connectivity index (χ0n) is 12.5. The van der Waals surface area contributed by atoms with Gasteiger partial charge in [-0.05, 0) is 31.5 Å². The van der Waals surface area contributed by atoms with Crippen molar-refractivity contribution < 1.29 is 0 Å². The molecule has 1 saturated heterocycles. The van der Waals surface area contributed by atoms with Crippen LogP contribution < -0.4 is 5.56 Å². The average Bonchev–Trinajstić information content (AvgIpc) is 3.19. The molecule has 0 aliphatic carbocycles. The lowest BCUT2D eigenvalue weighted by molar-refractivity contribution is 0.238. The third kappa shape index (κ3) is 2.28. The summed E-state index contributed by atoms with van der Waals surface area (Å²) in [5.74, 6) is 0. The summed E-state index contributed by atoms with van der Waals surface area (Å²) in [5.41, 5.74) is 2.22. The molecule has 6 heteroatoms. The highest BCUT2D eigenvalue weighted by Gasteiger charge is 2.28. The summed E-state index contributed by atoms with van der Waals surface area (Å²) >= 11 is 1.50. The Morgan fingerprint density at radius 3 is 3.14 bits per heavy atom. The van der Waals surface area contributed by atoms with Crippen molar-refractivity contribution in [2.45, 2.75) is 25.4 Å². The van der Waals surface area contributed by atoms with Gasteiger partial charge in [-0.3, -0.25) is 14.1 Å². The molecule has 3 aromatic heterocycles. The van der Waals surface area contributed by atoms with E-state index in [0.717, 1.165) is 30.2 Å². The van der Waals surface area contributed by atoms with Crippen LogP contribution in [0.5, 0.6) is 0 Å². The van der Waals surface area contributed by atoms with E-state index in [-0.39, 0.29) is 5.56 Å². The van der Waals surface area contributed by atoms with Gasteiger partial charge in [0.15, 0.2) is 4.96 Å². The number of likely N-dealkylation sites (tertiary alicyclic amines) is 1. The Hall–Kier alpha value is -1.92. The van der Waals surface area contributed by atoms with Gasteiger partial charge in [0.25, 0.3) is 5.56 Å². The van der Waals surface area contributed by atoms with Crippen molar-refractivity contribution in [3.8, 4) is 0 Å². The lowest BCUT2D eigenvalue weighted by atomic mass is 10.1. The molecule has 4 rings (SSSR count). The van der Waals surface area contributed by atoms with Crippen LogP contribution >= 0.6 is 11.3 Å². The van der Waals surface area contributed by atoms with Crippen LogP contribution in [0.1, 0.15) is 30.3 Å². The van der Waals surface area contributed by atoms with E-state index in [0.29, 0.717) is 6.04 Å². The molecule has 0 bridgehead atoms. The van der Waals surface area contributed by atoms with Gasteiger partial charge in [0.2, 0.25) is 0 Å². The zero-order chi connectivity index (χ0) is 15.1. The highest BCUT2D eigenvalue weighted by molar-refractivity contribution is 7.15. The maximum absolute atomic E-state index is 12.1. The summed E-state index contributed by atoms with van der Waals surface area (Å²) in [7, 11) is 2.09. The van der Waals surface area contributed by atoms with Crippen molar-refractivity contribution in [1.82, 2.24) is 18.9 Å². The Bertz CT molecular complexity index is 862. The van der Waals surface area contributed by atoms with Gasteiger partial charge in [0.1, 0.15) is 0 Å². The van der Waals surface area contributed by atoms with E-state index in [1.54, 1.807) is 16.7 Å². The van der Waals surface area contributed by atoms with E-state index in [1.165, 1.54) is 23.5 Å². The normalized spacial score (nSPS) is 19.2. The molecular formula is C16H18N4OS. The first-order valence-electron chi connectivity index (χ1n) is 7.53. The van der Waals surface area contributed by atoms with Gasteiger partial charge in [-0.1, -0.05) is 0 Å². The first kappa shape index (κ1) is 13.7. The number of hydrogen-bond donors (Lipinski definition) is 0. The lowest BCUT2D eigenvalue weighted by Crippen LogP contribution is -2.26. The fraction of sp³-hybridized carbons (Fsp3) is 0.375. The second-order valence-corrected chi connectivity index (χ2v) is 6.69. The molecule has 114 valence electrons. The van der Waals surface area contributed by atoms with Crippen LogP contribution in [0, 0.1) is 0 Å². The lowest BCUT2D eigenvalue weighted by Gasteiger charge is -2.24. The second-order valence-electron chi connectivity index (χ2n) is 5.81. The number of aryl methyl sites for hydroxylation is 1. The van der Waals surface area contributed by atoms with Crippen LogP contribution in [-0.2, 0) is 13.6 Å². The molecule has 1 fully saturated rings. The molecule has 1 atom stereocenters. The first-order chi connectivity index (χ1) is 10.7. The van der Waals surface area contributed by atoms with Gasteiger partial charge in [-0.25, -0.2) is 4.98 Å². The molecule has 22 heavy (non-hydrogen) atoms. The quantitative estimate of drug-likeness (QED) is 0.746. The minimum Gasteiger partial charge on any atom is -0.353 e. The molecular weight excluding hydrogens is 296 g/mol. The number of hydrogen-bond acceptors (Lipinski definition) is 4. The molecule has 0 spiro atoms. The highest BCUT2D eigenvalue weighted by atomic mass is 32.1. The molecule has 0 unspecified atom stereocenters. The van der Waals surface area contributed by atoms with E-state index >= 15 is 0 Å². The van der Waals surface area contributed by atoms with Crippen LogP contribution in [0.15, 0.2) is 40.8 Å². The predicted octanol–water partition coefficient (Wildman–Crippen LogP) is 2.43. The van der Waals surface area contributed by atoms with Gasteiger partial charge < -0.3 is 4.57 Å². The smallest absolute Gasteiger partial charge is 0.258 e. The molecule has 0 aromatic carbocycles. The standard InChI is InChI=1S/C16H18N4OS/c1-18-6-2-4-13(18)14-5-3-7-19(14)11-12-10-15(21)20-8-9-22-16(20)17-12/h2,4,6,8-10,14H,3,5,7,11H2,1H3/t14-/m1/s1.